The van der Waals surface area contributed by atoms with Crippen molar-refractivity contribution in [3.63, 3.8) is 0 Å². The molecule has 2 aliphatic heterocycles. The molecule has 13 nitrogen and oxygen atoms in total. The van der Waals surface area contributed by atoms with Crippen LogP contribution in [0.25, 0.3) is 53.7 Å². The van der Waals surface area contributed by atoms with E-state index >= 15 is 0 Å². The van der Waals surface area contributed by atoms with E-state index in [-0.39, 0.29) is 30.3 Å². The molecule has 61 heavy (non-hydrogen) atoms. The van der Waals surface area contributed by atoms with Crippen molar-refractivity contribution in [2.24, 2.45) is 0 Å². The van der Waals surface area contributed by atoms with Crippen molar-refractivity contribution >= 4 is 78.3 Å². The highest BCUT2D eigenvalue weighted by Gasteiger charge is 2.26. The van der Waals surface area contributed by atoms with Gasteiger partial charge in [0, 0.05) is 55.0 Å². The quantitative estimate of drug-likeness (QED) is 0.110. The Morgan fingerprint density at radius 3 is 1.70 bits per heavy atom. The van der Waals surface area contributed by atoms with Gasteiger partial charge >= 0.3 is 0 Å². The summed E-state index contributed by atoms with van der Waals surface area (Å²) in [7, 11) is 3.15. The van der Waals surface area contributed by atoms with Crippen molar-refractivity contribution in [3.05, 3.63) is 95.7 Å². The molecule has 2 saturated heterocycles. The summed E-state index contributed by atoms with van der Waals surface area (Å²) in [6.07, 6.45) is 9.19. The van der Waals surface area contributed by atoms with Gasteiger partial charge in [-0.15, -0.1) is 22.7 Å². The van der Waals surface area contributed by atoms with Crippen molar-refractivity contribution in [2.75, 3.05) is 46.9 Å². The number of rotatable bonds is 8. The first-order chi connectivity index (χ1) is 29.7. The molecule has 322 valence electrons. The van der Waals surface area contributed by atoms with E-state index in [1.54, 1.807) is 17.6 Å². The predicted octanol–water partition coefficient (Wildman–Crippen LogP) is 8.57. The smallest absolute Gasteiger partial charge is 0.292 e. The molecule has 1 unspecified atom stereocenters. The molecule has 0 aliphatic carbocycles. The molecule has 3 aromatic carbocycles. The summed E-state index contributed by atoms with van der Waals surface area (Å²) in [6.45, 7) is 9.69. The number of thiophene rings is 2. The maximum atomic E-state index is 12.2. The summed E-state index contributed by atoms with van der Waals surface area (Å²) < 4.78 is 6.54. The summed E-state index contributed by atoms with van der Waals surface area (Å²) in [5, 5.41) is 10.1. The molecule has 6 heterocycles. The molecule has 0 saturated carbocycles. The van der Waals surface area contributed by atoms with Crippen molar-refractivity contribution in [3.8, 4) is 22.3 Å². The number of methoxy groups -OCH3 is 1. The van der Waals surface area contributed by atoms with Crippen molar-refractivity contribution in [1.82, 2.24) is 40.4 Å². The fraction of sp³-hybridized carbons (Fsp3) is 0.348. The Bertz CT molecular complexity index is 2340. The number of carbonyl (C=O) groups excluding carboxylic acids is 4. The molecule has 0 spiro atoms. The summed E-state index contributed by atoms with van der Waals surface area (Å²) >= 11 is 3.62. The van der Waals surface area contributed by atoms with E-state index in [0.717, 1.165) is 79.5 Å². The molecule has 9 rings (SSSR count). The van der Waals surface area contributed by atoms with Crippen molar-refractivity contribution in [2.45, 2.75) is 58.9 Å². The number of fused-ring (bicyclic) bond motifs is 3. The maximum Gasteiger partial charge on any atom is 0.292 e. The van der Waals surface area contributed by atoms with Crippen LogP contribution < -0.4 is 10.6 Å². The number of likely N-dealkylation sites (tertiary alicyclic amines) is 2. The lowest BCUT2D eigenvalue weighted by atomic mass is 10.1. The summed E-state index contributed by atoms with van der Waals surface area (Å²) in [5.41, 5.74) is 10.2. The second-order valence-electron chi connectivity index (χ2n) is 14.4. The molecule has 4 N–H and O–H groups in total. The van der Waals surface area contributed by atoms with Crippen LogP contribution in [0.3, 0.4) is 0 Å². The Morgan fingerprint density at radius 1 is 0.787 bits per heavy atom. The van der Waals surface area contributed by atoms with Gasteiger partial charge < -0.3 is 35.1 Å². The van der Waals surface area contributed by atoms with Gasteiger partial charge in [0.05, 0.1) is 57.8 Å². The molecule has 0 bridgehead atoms. The molecule has 4 aromatic heterocycles. The van der Waals surface area contributed by atoms with Gasteiger partial charge in [0.25, 0.3) is 6.47 Å². The fourth-order valence-electron chi connectivity index (χ4n) is 6.90. The normalized spacial score (nSPS) is 13.5. The van der Waals surface area contributed by atoms with Crippen LogP contribution in [-0.2, 0) is 23.9 Å². The molecular weight excluding hydrogens is 809 g/mol. The number of nitrogens with one attached hydrogen (secondary N) is 4. The minimum atomic E-state index is -0.195. The van der Waals surface area contributed by atoms with Crippen LogP contribution in [-0.4, -0.2) is 101 Å². The number of imidazole rings is 2. The number of benzene rings is 3. The number of aromatic amines is 2. The topological polar surface area (TPSA) is 165 Å². The van der Waals surface area contributed by atoms with Gasteiger partial charge in [-0.25, -0.2) is 9.97 Å². The molecular formula is C46H56N8O5S2. The van der Waals surface area contributed by atoms with E-state index < -0.39 is 0 Å². The average molecular weight is 865 g/mol. The van der Waals surface area contributed by atoms with Crippen LogP contribution in [0.5, 0.6) is 0 Å². The van der Waals surface area contributed by atoms with E-state index in [2.05, 4.69) is 96.3 Å². The maximum absolute atomic E-state index is 12.2. The highest BCUT2D eigenvalue weighted by molar-refractivity contribution is 7.27. The third kappa shape index (κ3) is 12.6. The SMILES string of the molecule is CC(=O)NCC(=O)N1CCCC1.CCC.CNC(C(=O)N1CCCC1)c1ccccc1.COC=O.c1nc2ccc(-c3csc4c(-c5ccc6nc[nH]c6c5)csc34)cc2[nH]1. The van der Waals surface area contributed by atoms with E-state index in [0.29, 0.717) is 6.47 Å². The number of H-pyrrole nitrogens is 2. The second kappa shape index (κ2) is 23.8. The number of hydrogen-bond acceptors (Lipinski definition) is 10. The lowest BCUT2D eigenvalue weighted by molar-refractivity contribution is -0.132. The largest absolute Gasteiger partial charge is 0.471 e. The van der Waals surface area contributed by atoms with Gasteiger partial charge in [-0.2, -0.15) is 0 Å². The molecule has 2 fully saturated rings. The highest BCUT2D eigenvalue weighted by atomic mass is 32.1. The Labute approximate surface area is 364 Å². The fourth-order valence-corrected chi connectivity index (χ4v) is 9.36. The van der Waals surface area contributed by atoms with Crippen LogP contribution in [0.4, 0.5) is 0 Å². The number of nitrogens with zero attached hydrogens (tertiary/aromatic N) is 4. The second-order valence-corrected chi connectivity index (χ2v) is 16.2. The molecule has 3 amide bonds. The van der Waals surface area contributed by atoms with Crippen LogP contribution in [0, 0.1) is 0 Å². The zero-order valence-corrected chi connectivity index (χ0v) is 37.2. The van der Waals surface area contributed by atoms with Gasteiger partial charge in [-0.3, -0.25) is 19.2 Å². The Kier molecular flexibility index (Phi) is 18.0. The van der Waals surface area contributed by atoms with Gasteiger partial charge in [0.2, 0.25) is 17.7 Å². The summed E-state index contributed by atoms with van der Waals surface area (Å²) in [5.74, 6) is 0.0800. The standard InChI is InChI=1S/C20H12N4S2.C13H18N2O.C8H14N2O2.C3H8.C2H4O2/c1-3-15-17(23-9-21-15)5-11(1)13-7-25-20-14(8-26-19(13)20)12-2-4-16-18(6-12)24-10-22-16;1-14-12(11-7-3-2-4-8-11)13(16)15-9-5-6-10-15;1-7(11)9-6-8(12)10-4-2-3-5-10;1-3-2;1-4-2-3/h1-10H,(H,21,23)(H,22,24);2-4,7-8,12,14H,5-6,9-10H2,1H3;2-6H2,1H3,(H,9,11);3H2,1-2H3;2H,1H3. The van der Waals surface area contributed by atoms with Crippen molar-refractivity contribution < 1.29 is 23.9 Å². The molecule has 15 heteroatoms. The van der Waals surface area contributed by atoms with Gasteiger partial charge in [0.1, 0.15) is 6.04 Å². The third-order valence-electron chi connectivity index (χ3n) is 9.88. The minimum Gasteiger partial charge on any atom is -0.471 e. The van der Waals surface area contributed by atoms with Crippen molar-refractivity contribution in [1.29, 1.82) is 0 Å². The first kappa shape index (κ1) is 46.2. The number of amides is 3. The van der Waals surface area contributed by atoms with Crippen LogP contribution in [0.15, 0.2) is 90.1 Å². The highest BCUT2D eigenvalue weighted by Crippen LogP contribution is 2.44. The Hall–Kier alpha value is -5.90. The predicted molar refractivity (Wildman–Crippen MR) is 247 cm³/mol. The molecule has 0 radical (unpaired) electrons. The van der Waals surface area contributed by atoms with Crippen LogP contribution in [0.2, 0.25) is 0 Å². The average Bonchev–Trinajstić information content (AvgIpc) is 4.14. The lowest BCUT2D eigenvalue weighted by Gasteiger charge is -2.23. The van der Waals surface area contributed by atoms with Crippen LogP contribution >= 0.6 is 22.7 Å². The lowest BCUT2D eigenvalue weighted by Crippen LogP contribution is -2.38. The Morgan fingerprint density at radius 2 is 1.26 bits per heavy atom. The number of hydrogen-bond donors (Lipinski definition) is 4. The van der Waals surface area contributed by atoms with Gasteiger partial charge in [0.15, 0.2) is 0 Å². The number of ether oxygens (including phenoxy) is 1. The molecule has 1 atom stereocenters. The van der Waals surface area contributed by atoms with Gasteiger partial charge in [-0.1, -0.05) is 62.7 Å². The third-order valence-corrected chi connectivity index (χ3v) is 12.0. The Balaban J connectivity index is 0.000000173. The summed E-state index contributed by atoms with van der Waals surface area (Å²) in [6, 6.07) is 22.5. The zero-order valence-electron chi connectivity index (χ0n) is 35.5. The van der Waals surface area contributed by atoms with E-state index in [4.69, 9.17) is 4.79 Å². The number of carbonyl (C=O) groups is 4. The molecule has 2 aliphatic rings. The first-order valence-electron chi connectivity index (χ1n) is 20.6. The first-order valence-corrected chi connectivity index (χ1v) is 22.3. The van der Waals surface area contributed by atoms with E-state index in [1.165, 1.54) is 52.1 Å². The number of likely N-dealkylation sites (N-methyl/N-ethyl adjacent to an activating group) is 1. The summed E-state index contributed by atoms with van der Waals surface area (Å²) in [4.78, 5) is 61.7. The zero-order chi connectivity index (χ0) is 43.6. The van der Waals surface area contributed by atoms with E-state index in [1.807, 2.05) is 65.0 Å². The minimum absolute atomic E-state index is 0.0303. The van der Waals surface area contributed by atoms with Gasteiger partial charge in [-0.05, 0) is 73.7 Å². The monoisotopic (exact) mass is 864 g/mol. The van der Waals surface area contributed by atoms with E-state index in [9.17, 15) is 14.4 Å². The van der Waals surface area contributed by atoms with Crippen LogP contribution in [0.1, 0.15) is 64.5 Å². The number of aromatic nitrogens is 4. The molecule has 7 aromatic rings.